The van der Waals surface area contributed by atoms with Crippen LogP contribution in [0.2, 0.25) is 0 Å². The SMILES string of the molecule is [C-]#[N+]/C(=C\C1=CC(=C/c2ccc(N(c3ccccc3)c3ccc(N(c4ccccc4)c4ccc(C=C5C=C(C=C(C#N)C(=O)O)CC5)cc4)cc3)cc2)/CC1)C(=O)O. The van der Waals surface area contributed by atoms with Crippen molar-refractivity contribution < 1.29 is 19.8 Å². The Morgan fingerprint density at radius 2 is 0.931 bits per heavy atom. The molecular formula is C50H38N4O4. The van der Waals surface area contributed by atoms with Crippen molar-refractivity contribution in [3.8, 4) is 6.07 Å². The Morgan fingerprint density at radius 3 is 1.29 bits per heavy atom. The number of carboxylic acid groups (broad SMARTS) is 2. The molecule has 0 amide bonds. The predicted octanol–water partition coefficient (Wildman–Crippen LogP) is 12.3. The van der Waals surface area contributed by atoms with Crippen LogP contribution in [-0.4, -0.2) is 22.2 Å². The van der Waals surface area contributed by atoms with E-state index in [0.717, 1.165) is 80.4 Å². The summed E-state index contributed by atoms with van der Waals surface area (Å²) in [6.45, 7) is 7.14. The second-order valence-electron chi connectivity index (χ2n) is 13.8. The summed E-state index contributed by atoms with van der Waals surface area (Å²) in [6, 6.07) is 47.4. The molecule has 0 spiro atoms. The van der Waals surface area contributed by atoms with Gasteiger partial charge >= 0.3 is 11.9 Å². The van der Waals surface area contributed by atoms with E-state index >= 15 is 0 Å². The molecule has 0 fully saturated rings. The molecule has 2 aliphatic rings. The third kappa shape index (κ3) is 9.12. The van der Waals surface area contributed by atoms with E-state index in [0.29, 0.717) is 12.8 Å². The number of nitriles is 1. The average molecular weight is 759 g/mol. The number of aliphatic carboxylic acids is 2. The first-order valence-electron chi connectivity index (χ1n) is 18.8. The van der Waals surface area contributed by atoms with E-state index in [1.165, 1.54) is 12.2 Å². The summed E-state index contributed by atoms with van der Waals surface area (Å²) in [5.41, 5.74) is 11.3. The molecule has 2 aliphatic carbocycles. The Hall–Kier alpha value is -7.94. The van der Waals surface area contributed by atoms with Crippen molar-refractivity contribution >= 4 is 58.2 Å². The molecule has 8 nitrogen and oxygen atoms in total. The van der Waals surface area contributed by atoms with Crippen molar-refractivity contribution in [2.24, 2.45) is 0 Å². The zero-order chi connectivity index (χ0) is 40.4. The summed E-state index contributed by atoms with van der Waals surface area (Å²) in [5.74, 6) is -2.43. The first kappa shape index (κ1) is 38.3. The minimum atomic E-state index is -1.22. The highest BCUT2D eigenvalue weighted by Gasteiger charge is 2.18. The smallest absolute Gasteiger partial charge is 0.346 e. The number of benzene rings is 5. The molecule has 2 N–H and O–H groups in total. The minimum Gasteiger partial charge on any atom is -0.486 e. The number of allylic oxidation sites excluding steroid dienone is 8. The van der Waals surface area contributed by atoms with Gasteiger partial charge in [-0.05, 0) is 138 Å². The number of para-hydroxylation sites is 2. The number of carbonyl (C=O) groups is 2. The van der Waals surface area contributed by atoms with Gasteiger partial charge in [0.1, 0.15) is 11.6 Å². The van der Waals surface area contributed by atoms with E-state index in [2.05, 4.69) is 124 Å². The van der Waals surface area contributed by atoms with Gasteiger partial charge in [0.15, 0.2) is 0 Å². The van der Waals surface area contributed by atoms with Crippen LogP contribution in [-0.2, 0) is 9.59 Å². The van der Waals surface area contributed by atoms with Gasteiger partial charge in [-0.15, -0.1) is 0 Å². The number of rotatable bonds is 12. The lowest BCUT2D eigenvalue weighted by atomic mass is 10.1. The Kier molecular flexibility index (Phi) is 11.7. The van der Waals surface area contributed by atoms with Crippen LogP contribution >= 0.6 is 0 Å². The van der Waals surface area contributed by atoms with Crippen molar-refractivity contribution in [2.45, 2.75) is 25.7 Å². The van der Waals surface area contributed by atoms with Gasteiger partial charge in [0.05, 0.1) is 6.57 Å². The Bertz CT molecular complexity index is 2420. The highest BCUT2D eigenvalue weighted by Crippen LogP contribution is 2.39. The first-order valence-corrected chi connectivity index (χ1v) is 18.8. The van der Waals surface area contributed by atoms with E-state index in [-0.39, 0.29) is 11.3 Å². The largest absolute Gasteiger partial charge is 0.486 e. The van der Waals surface area contributed by atoms with Gasteiger partial charge in [0.2, 0.25) is 0 Å². The Labute approximate surface area is 337 Å². The molecule has 0 radical (unpaired) electrons. The van der Waals surface area contributed by atoms with Crippen molar-refractivity contribution in [1.82, 2.24) is 0 Å². The van der Waals surface area contributed by atoms with Gasteiger partial charge in [-0.1, -0.05) is 90.5 Å². The summed E-state index contributed by atoms with van der Waals surface area (Å²) in [4.78, 5) is 30.1. The maximum absolute atomic E-state index is 11.3. The number of anilines is 6. The van der Waals surface area contributed by atoms with Gasteiger partial charge in [0, 0.05) is 34.1 Å². The lowest BCUT2D eigenvalue weighted by Gasteiger charge is -2.28. The van der Waals surface area contributed by atoms with Crippen LogP contribution in [0.5, 0.6) is 0 Å². The molecule has 0 saturated carbocycles. The number of nitrogens with zero attached hydrogens (tertiary/aromatic N) is 4. The van der Waals surface area contributed by atoms with Crippen LogP contribution in [0.3, 0.4) is 0 Å². The molecule has 0 aromatic heterocycles. The lowest BCUT2D eigenvalue weighted by molar-refractivity contribution is -0.133. The second-order valence-corrected chi connectivity index (χ2v) is 13.8. The van der Waals surface area contributed by atoms with Crippen molar-refractivity contribution in [3.63, 3.8) is 0 Å². The minimum absolute atomic E-state index is 0.261. The molecule has 0 aliphatic heterocycles. The van der Waals surface area contributed by atoms with E-state index in [1.54, 1.807) is 6.07 Å². The maximum Gasteiger partial charge on any atom is 0.346 e. The monoisotopic (exact) mass is 758 g/mol. The molecule has 282 valence electrons. The van der Waals surface area contributed by atoms with Gasteiger partial charge in [0.25, 0.3) is 5.70 Å². The summed E-state index contributed by atoms with van der Waals surface area (Å²) < 4.78 is 0. The summed E-state index contributed by atoms with van der Waals surface area (Å²) >= 11 is 0. The molecule has 58 heavy (non-hydrogen) atoms. The van der Waals surface area contributed by atoms with Crippen molar-refractivity contribution in [1.29, 1.82) is 5.26 Å². The third-order valence-electron chi connectivity index (χ3n) is 9.89. The van der Waals surface area contributed by atoms with Crippen LogP contribution in [0.1, 0.15) is 36.8 Å². The molecule has 8 heteroatoms. The summed E-state index contributed by atoms with van der Waals surface area (Å²) in [5, 5.41) is 27.6. The molecule has 0 atom stereocenters. The van der Waals surface area contributed by atoms with E-state index in [4.69, 9.17) is 11.8 Å². The maximum atomic E-state index is 11.3. The molecule has 0 unspecified atom stereocenters. The molecule has 0 heterocycles. The van der Waals surface area contributed by atoms with Crippen molar-refractivity contribution in [2.75, 3.05) is 9.80 Å². The fourth-order valence-corrected chi connectivity index (χ4v) is 7.11. The number of carboxylic acids is 2. The molecule has 5 aromatic rings. The van der Waals surface area contributed by atoms with Crippen LogP contribution in [0.15, 0.2) is 191 Å². The zero-order valence-electron chi connectivity index (χ0n) is 31.5. The van der Waals surface area contributed by atoms with Crippen LogP contribution < -0.4 is 9.80 Å². The predicted molar refractivity (Wildman–Crippen MR) is 230 cm³/mol. The highest BCUT2D eigenvalue weighted by atomic mass is 16.4. The number of hydrogen-bond donors (Lipinski definition) is 2. The van der Waals surface area contributed by atoms with Gasteiger partial charge in [-0.25, -0.2) is 9.64 Å². The van der Waals surface area contributed by atoms with Crippen LogP contribution in [0.4, 0.5) is 34.1 Å². The van der Waals surface area contributed by atoms with Crippen LogP contribution in [0.25, 0.3) is 17.0 Å². The Morgan fingerprint density at radius 1 is 0.552 bits per heavy atom. The second kappa shape index (κ2) is 17.7. The molecular weight excluding hydrogens is 721 g/mol. The van der Waals surface area contributed by atoms with Gasteiger partial charge in [-0.3, -0.25) is 4.79 Å². The van der Waals surface area contributed by atoms with Crippen LogP contribution in [0, 0.1) is 17.9 Å². The lowest BCUT2D eigenvalue weighted by Crippen LogP contribution is -2.12. The van der Waals surface area contributed by atoms with E-state index in [1.807, 2.05) is 48.6 Å². The van der Waals surface area contributed by atoms with E-state index < -0.39 is 11.9 Å². The zero-order valence-corrected chi connectivity index (χ0v) is 31.5. The van der Waals surface area contributed by atoms with Gasteiger partial charge in [-0.2, -0.15) is 5.26 Å². The standard InChI is InChI=1S/C50H38N4O4/c1-52-48(50(57)58)33-40-15-13-38(31-40)29-36-18-22-45(23-19-36)54(43-10-6-3-7-11-43)47-26-24-46(25-27-47)53(42-8-4-2-5-9-42)44-20-16-35(17-21-44)28-37-12-14-39(30-37)32-41(34-51)49(55)56/h2-11,16-33H,12-15H2,(H,55,56)(H,57,58)/b37-28?,38-29+,41-32?,48-33-. The quantitative estimate of drug-likeness (QED) is 0.0740. The summed E-state index contributed by atoms with van der Waals surface area (Å²) in [6.07, 6.45) is 14.0. The average Bonchev–Trinajstić information content (AvgIpc) is 3.90. The van der Waals surface area contributed by atoms with E-state index in [9.17, 15) is 19.8 Å². The topological polar surface area (TPSA) is 109 Å². The first-order chi connectivity index (χ1) is 28.3. The van der Waals surface area contributed by atoms with Crippen molar-refractivity contribution in [3.05, 3.63) is 214 Å². The fourth-order valence-electron chi connectivity index (χ4n) is 7.11. The molecule has 0 bridgehead atoms. The third-order valence-corrected chi connectivity index (χ3v) is 9.89. The van der Waals surface area contributed by atoms with Gasteiger partial charge < -0.3 is 20.0 Å². The normalized spacial score (nSPS) is 15.3. The highest BCUT2D eigenvalue weighted by molar-refractivity contribution is 5.92. The number of hydrogen-bond acceptors (Lipinski definition) is 5. The molecule has 7 rings (SSSR count). The fraction of sp³-hybridized carbons (Fsp3) is 0.0800. The summed E-state index contributed by atoms with van der Waals surface area (Å²) in [7, 11) is 0. The Balaban J connectivity index is 1.15. The molecule has 5 aromatic carbocycles. The molecule has 0 saturated heterocycles.